The van der Waals surface area contributed by atoms with E-state index in [-0.39, 0.29) is 21.5 Å². The van der Waals surface area contributed by atoms with E-state index in [1.54, 1.807) is 6.07 Å². The van der Waals surface area contributed by atoms with Crippen LogP contribution in [0.1, 0.15) is 23.2 Å². The normalized spacial score (nSPS) is 15.3. The van der Waals surface area contributed by atoms with Crippen LogP contribution < -0.4 is 10.5 Å². The second-order valence-corrected chi connectivity index (χ2v) is 7.02. The predicted octanol–water partition coefficient (Wildman–Crippen LogP) is 1.43. The summed E-state index contributed by atoms with van der Waals surface area (Å²) in [6, 6.07) is 4.42. The van der Waals surface area contributed by atoms with E-state index < -0.39 is 15.9 Å². The Bertz CT molecular complexity index is 847. The van der Waals surface area contributed by atoms with Crippen LogP contribution in [0.2, 0.25) is 5.02 Å². The quantitative estimate of drug-likeness (QED) is 0.887. The fourth-order valence-electron chi connectivity index (χ4n) is 1.97. The van der Waals surface area contributed by atoms with Crippen molar-refractivity contribution in [2.45, 2.75) is 23.8 Å². The summed E-state index contributed by atoms with van der Waals surface area (Å²) in [5, 5.41) is 0.489. The Morgan fingerprint density at radius 1 is 1.38 bits per heavy atom. The zero-order valence-electron chi connectivity index (χ0n) is 10.8. The van der Waals surface area contributed by atoms with Gasteiger partial charge in [0.15, 0.2) is 0 Å². The lowest BCUT2D eigenvalue weighted by Crippen LogP contribution is -2.25. The van der Waals surface area contributed by atoms with E-state index >= 15 is 0 Å². The molecule has 21 heavy (non-hydrogen) atoms. The van der Waals surface area contributed by atoms with Crippen molar-refractivity contribution in [1.82, 2.24) is 9.71 Å². The molecule has 3 rings (SSSR count). The third-order valence-electron chi connectivity index (χ3n) is 3.25. The van der Waals surface area contributed by atoms with Gasteiger partial charge >= 0.3 is 0 Å². The molecule has 0 spiro atoms. The van der Waals surface area contributed by atoms with Gasteiger partial charge in [0.25, 0.3) is 5.91 Å². The summed E-state index contributed by atoms with van der Waals surface area (Å²) in [5.74, 6) is -0.709. The molecule has 1 saturated carbocycles. The van der Waals surface area contributed by atoms with Gasteiger partial charge in [-0.2, -0.15) is 0 Å². The standard InChI is InChI=1S/C13H12ClN3O3S/c14-12-9-5-8(21(19,20)17-7-1-2-7)3-4-11(9)16-6-10(12)13(15)18/h3-7,17H,1-2H2,(H2,15,18). The Balaban J connectivity index is 2.14. The number of benzene rings is 1. The van der Waals surface area contributed by atoms with Crippen LogP contribution in [0, 0.1) is 0 Å². The summed E-state index contributed by atoms with van der Waals surface area (Å²) in [6.07, 6.45) is 2.98. The Morgan fingerprint density at radius 2 is 2.10 bits per heavy atom. The van der Waals surface area contributed by atoms with E-state index in [9.17, 15) is 13.2 Å². The average molecular weight is 326 g/mol. The molecule has 1 aliphatic carbocycles. The Labute approximate surface area is 126 Å². The van der Waals surface area contributed by atoms with Crippen molar-refractivity contribution < 1.29 is 13.2 Å². The topological polar surface area (TPSA) is 102 Å². The molecule has 2 aromatic rings. The monoisotopic (exact) mass is 325 g/mol. The first-order valence-corrected chi connectivity index (χ1v) is 8.15. The van der Waals surface area contributed by atoms with Crippen molar-refractivity contribution >= 4 is 38.4 Å². The molecule has 1 heterocycles. The summed E-state index contributed by atoms with van der Waals surface area (Å²) in [4.78, 5) is 15.4. The van der Waals surface area contributed by atoms with Gasteiger partial charge in [0, 0.05) is 17.6 Å². The zero-order chi connectivity index (χ0) is 15.2. The number of sulfonamides is 1. The highest BCUT2D eigenvalue weighted by Crippen LogP contribution is 2.28. The van der Waals surface area contributed by atoms with Crippen LogP contribution >= 0.6 is 11.6 Å². The number of rotatable bonds is 4. The van der Waals surface area contributed by atoms with Crippen molar-refractivity contribution in [2.24, 2.45) is 5.73 Å². The van der Waals surface area contributed by atoms with E-state index in [4.69, 9.17) is 17.3 Å². The smallest absolute Gasteiger partial charge is 0.251 e. The van der Waals surface area contributed by atoms with Gasteiger partial charge in [-0.15, -0.1) is 0 Å². The van der Waals surface area contributed by atoms with Crippen molar-refractivity contribution in [3.8, 4) is 0 Å². The number of amides is 1. The maximum absolute atomic E-state index is 12.2. The molecule has 1 amide bonds. The second kappa shape index (κ2) is 4.94. The molecule has 1 aromatic carbocycles. The summed E-state index contributed by atoms with van der Waals surface area (Å²) >= 11 is 6.12. The Morgan fingerprint density at radius 3 is 2.71 bits per heavy atom. The van der Waals surface area contributed by atoms with Crippen LogP contribution in [0.25, 0.3) is 10.9 Å². The molecule has 110 valence electrons. The first-order chi connectivity index (χ1) is 9.88. The van der Waals surface area contributed by atoms with E-state index in [2.05, 4.69) is 9.71 Å². The number of fused-ring (bicyclic) bond motifs is 1. The molecule has 8 heteroatoms. The molecule has 0 unspecified atom stereocenters. The number of hydrogen-bond acceptors (Lipinski definition) is 4. The van der Waals surface area contributed by atoms with Crippen molar-refractivity contribution in [2.75, 3.05) is 0 Å². The van der Waals surface area contributed by atoms with Crippen LogP contribution in [0.4, 0.5) is 0 Å². The first-order valence-electron chi connectivity index (χ1n) is 6.29. The molecule has 0 radical (unpaired) electrons. The maximum atomic E-state index is 12.2. The van der Waals surface area contributed by atoms with Gasteiger partial charge in [0.05, 0.1) is 21.0 Å². The molecular weight excluding hydrogens is 314 g/mol. The number of primary amides is 1. The average Bonchev–Trinajstić information content (AvgIpc) is 3.21. The minimum Gasteiger partial charge on any atom is -0.366 e. The van der Waals surface area contributed by atoms with Crippen LogP contribution in [-0.2, 0) is 10.0 Å². The molecule has 0 aliphatic heterocycles. The molecule has 1 fully saturated rings. The number of aromatic nitrogens is 1. The Kier molecular flexibility index (Phi) is 3.35. The van der Waals surface area contributed by atoms with Crippen molar-refractivity contribution in [1.29, 1.82) is 0 Å². The molecular formula is C13H12ClN3O3S. The fraction of sp³-hybridized carbons (Fsp3) is 0.231. The number of halogens is 1. The van der Waals surface area contributed by atoms with Gasteiger partial charge in [0.1, 0.15) is 0 Å². The minimum atomic E-state index is -3.59. The SMILES string of the molecule is NC(=O)c1cnc2ccc(S(=O)(=O)NC3CC3)cc2c1Cl. The number of carbonyl (C=O) groups is 1. The molecule has 6 nitrogen and oxygen atoms in total. The number of hydrogen-bond donors (Lipinski definition) is 2. The van der Waals surface area contributed by atoms with E-state index in [1.807, 2.05) is 0 Å². The van der Waals surface area contributed by atoms with Crippen LogP contribution in [0.3, 0.4) is 0 Å². The number of nitrogens with two attached hydrogens (primary N) is 1. The van der Waals surface area contributed by atoms with Crippen LogP contribution in [0.5, 0.6) is 0 Å². The molecule has 0 atom stereocenters. The molecule has 0 saturated heterocycles. The molecule has 1 aromatic heterocycles. The first kappa shape index (κ1) is 14.2. The lowest BCUT2D eigenvalue weighted by atomic mass is 10.1. The maximum Gasteiger partial charge on any atom is 0.251 e. The number of carbonyl (C=O) groups excluding carboxylic acids is 1. The van der Waals surface area contributed by atoms with Gasteiger partial charge < -0.3 is 5.73 Å². The number of nitrogens with zero attached hydrogens (tertiary/aromatic N) is 1. The summed E-state index contributed by atoms with van der Waals surface area (Å²) in [6.45, 7) is 0. The highest BCUT2D eigenvalue weighted by Gasteiger charge is 2.28. The van der Waals surface area contributed by atoms with Gasteiger partial charge in [-0.05, 0) is 31.0 Å². The van der Waals surface area contributed by atoms with Crippen molar-refractivity contribution in [3.63, 3.8) is 0 Å². The van der Waals surface area contributed by atoms with Crippen LogP contribution in [-0.4, -0.2) is 25.4 Å². The zero-order valence-corrected chi connectivity index (χ0v) is 12.4. The molecule has 1 aliphatic rings. The second-order valence-electron chi connectivity index (χ2n) is 4.92. The number of nitrogens with one attached hydrogen (secondary N) is 1. The largest absolute Gasteiger partial charge is 0.366 e. The highest BCUT2D eigenvalue weighted by molar-refractivity contribution is 7.89. The van der Waals surface area contributed by atoms with Gasteiger partial charge in [-0.25, -0.2) is 13.1 Å². The lowest BCUT2D eigenvalue weighted by Gasteiger charge is -2.08. The molecule has 0 bridgehead atoms. The highest BCUT2D eigenvalue weighted by atomic mass is 35.5. The van der Waals surface area contributed by atoms with Crippen LogP contribution in [0.15, 0.2) is 29.3 Å². The summed E-state index contributed by atoms with van der Waals surface area (Å²) < 4.78 is 27.0. The summed E-state index contributed by atoms with van der Waals surface area (Å²) in [7, 11) is -3.59. The third kappa shape index (κ3) is 2.72. The van der Waals surface area contributed by atoms with E-state index in [0.717, 1.165) is 12.8 Å². The summed E-state index contributed by atoms with van der Waals surface area (Å²) in [5.41, 5.74) is 5.77. The van der Waals surface area contributed by atoms with Gasteiger partial charge in [0.2, 0.25) is 10.0 Å². The van der Waals surface area contributed by atoms with E-state index in [0.29, 0.717) is 10.9 Å². The van der Waals surface area contributed by atoms with E-state index in [1.165, 1.54) is 18.3 Å². The fourth-order valence-corrected chi connectivity index (χ4v) is 3.59. The van der Waals surface area contributed by atoms with Gasteiger partial charge in [-0.3, -0.25) is 9.78 Å². The Hall–Kier alpha value is -1.70. The predicted molar refractivity (Wildman–Crippen MR) is 78.6 cm³/mol. The minimum absolute atomic E-state index is 0.0104. The molecule has 3 N–H and O–H groups in total. The lowest BCUT2D eigenvalue weighted by molar-refractivity contribution is 0.1000. The van der Waals surface area contributed by atoms with Gasteiger partial charge in [-0.1, -0.05) is 11.6 Å². The third-order valence-corrected chi connectivity index (χ3v) is 5.17. The van der Waals surface area contributed by atoms with Crippen molar-refractivity contribution in [3.05, 3.63) is 35.0 Å². The number of pyridine rings is 1.